The minimum atomic E-state index is 0.206. The van der Waals surface area contributed by atoms with Gasteiger partial charge in [0.1, 0.15) is 0 Å². The van der Waals surface area contributed by atoms with Crippen molar-refractivity contribution in [2.45, 2.75) is 44.2 Å². The first-order chi connectivity index (χ1) is 7.82. The fourth-order valence-electron chi connectivity index (χ4n) is 3.32. The van der Waals surface area contributed by atoms with Crippen molar-refractivity contribution in [1.82, 2.24) is 10.2 Å². The maximum atomic E-state index is 6.03. The van der Waals surface area contributed by atoms with Crippen LogP contribution in [0.1, 0.15) is 32.6 Å². The summed E-state index contributed by atoms with van der Waals surface area (Å²) in [4.78, 5) is 2.62. The Kier molecular flexibility index (Phi) is 4.00. The molecular formula is C13H25N3. The fourth-order valence-corrected chi connectivity index (χ4v) is 3.32. The van der Waals surface area contributed by atoms with Crippen LogP contribution in [0, 0.1) is 0 Å². The normalized spacial score (nSPS) is 35.0. The van der Waals surface area contributed by atoms with Crippen LogP contribution in [0.15, 0.2) is 12.2 Å². The van der Waals surface area contributed by atoms with Gasteiger partial charge in [0.15, 0.2) is 0 Å². The lowest BCUT2D eigenvalue weighted by Gasteiger charge is -2.35. The predicted octanol–water partition coefficient (Wildman–Crippen LogP) is 1.11. The highest BCUT2D eigenvalue weighted by Crippen LogP contribution is 2.35. The van der Waals surface area contributed by atoms with E-state index in [9.17, 15) is 0 Å². The largest absolute Gasteiger partial charge is 0.329 e. The highest BCUT2D eigenvalue weighted by atomic mass is 15.3. The third-order valence-electron chi connectivity index (χ3n) is 4.23. The topological polar surface area (TPSA) is 41.3 Å². The Hall–Kier alpha value is -0.380. The van der Waals surface area contributed by atoms with Gasteiger partial charge in [0.05, 0.1) is 0 Å². The average molecular weight is 223 g/mol. The van der Waals surface area contributed by atoms with Crippen molar-refractivity contribution in [3.63, 3.8) is 0 Å². The second-order valence-corrected chi connectivity index (χ2v) is 5.09. The third kappa shape index (κ3) is 2.17. The quantitative estimate of drug-likeness (QED) is 0.542. The molecule has 2 unspecified atom stereocenters. The zero-order valence-electron chi connectivity index (χ0n) is 10.4. The number of fused-ring (bicyclic) bond motifs is 1. The van der Waals surface area contributed by atoms with Crippen molar-refractivity contribution in [3.05, 3.63) is 12.2 Å². The number of hydrogen-bond donors (Lipinski definition) is 2. The molecule has 92 valence electrons. The van der Waals surface area contributed by atoms with Gasteiger partial charge in [-0.2, -0.15) is 0 Å². The number of nitrogens with two attached hydrogens (primary N) is 1. The van der Waals surface area contributed by atoms with E-state index < -0.39 is 0 Å². The first kappa shape index (κ1) is 12.1. The molecule has 0 aromatic rings. The Morgan fingerprint density at radius 3 is 3.12 bits per heavy atom. The molecule has 0 aliphatic carbocycles. The van der Waals surface area contributed by atoms with Crippen molar-refractivity contribution in [1.29, 1.82) is 0 Å². The molecule has 3 heteroatoms. The Bertz CT molecular complexity index is 252. The lowest BCUT2D eigenvalue weighted by atomic mass is 9.88. The monoisotopic (exact) mass is 223 g/mol. The Morgan fingerprint density at radius 1 is 1.50 bits per heavy atom. The summed E-state index contributed by atoms with van der Waals surface area (Å²) in [6.45, 7) is 6.43. The van der Waals surface area contributed by atoms with Gasteiger partial charge in [-0.3, -0.25) is 4.90 Å². The predicted molar refractivity (Wildman–Crippen MR) is 68.4 cm³/mol. The van der Waals surface area contributed by atoms with E-state index >= 15 is 0 Å². The molecule has 0 spiro atoms. The summed E-state index contributed by atoms with van der Waals surface area (Å²) < 4.78 is 0. The van der Waals surface area contributed by atoms with Crippen molar-refractivity contribution in [2.75, 3.05) is 26.2 Å². The van der Waals surface area contributed by atoms with Gasteiger partial charge in [0, 0.05) is 24.7 Å². The van der Waals surface area contributed by atoms with E-state index in [0.717, 1.165) is 19.5 Å². The Balaban J connectivity index is 1.91. The van der Waals surface area contributed by atoms with Crippen LogP contribution >= 0.6 is 0 Å². The minimum absolute atomic E-state index is 0.206. The van der Waals surface area contributed by atoms with Crippen molar-refractivity contribution >= 4 is 0 Å². The SMILES string of the molecule is C/C=C/CCNC1(CN)CCN2CCCC21. The molecule has 2 aliphatic rings. The highest BCUT2D eigenvalue weighted by Gasteiger charge is 2.47. The molecule has 0 bridgehead atoms. The molecule has 2 saturated heterocycles. The summed E-state index contributed by atoms with van der Waals surface area (Å²) in [6.07, 6.45) is 9.36. The summed E-state index contributed by atoms with van der Waals surface area (Å²) in [5, 5.41) is 3.73. The number of allylic oxidation sites excluding steroid dienone is 1. The lowest BCUT2D eigenvalue weighted by Crippen LogP contribution is -2.58. The zero-order valence-corrected chi connectivity index (χ0v) is 10.4. The minimum Gasteiger partial charge on any atom is -0.329 e. The van der Waals surface area contributed by atoms with Crippen LogP contribution < -0.4 is 11.1 Å². The maximum Gasteiger partial charge on any atom is 0.0473 e. The molecule has 0 amide bonds. The summed E-state index contributed by atoms with van der Waals surface area (Å²) >= 11 is 0. The van der Waals surface area contributed by atoms with E-state index in [0.29, 0.717) is 6.04 Å². The standard InChI is InChI=1S/C13H25N3/c1-2-3-4-8-15-13(11-14)7-10-16-9-5-6-12(13)16/h2-3,12,15H,4-11,14H2,1H3/b3-2+. The van der Waals surface area contributed by atoms with Gasteiger partial charge < -0.3 is 11.1 Å². The summed E-state index contributed by atoms with van der Waals surface area (Å²) in [7, 11) is 0. The second kappa shape index (κ2) is 5.30. The van der Waals surface area contributed by atoms with Crippen LogP contribution in [0.5, 0.6) is 0 Å². The molecule has 2 atom stereocenters. The van der Waals surface area contributed by atoms with E-state index in [1.807, 2.05) is 0 Å². The van der Waals surface area contributed by atoms with Crippen molar-refractivity contribution in [3.8, 4) is 0 Å². The van der Waals surface area contributed by atoms with Crippen LogP contribution in [0.2, 0.25) is 0 Å². The Labute approximate surface area is 99.1 Å². The average Bonchev–Trinajstić information content (AvgIpc) is 2.88. The van der Waals surface area contributed by atoms with E-state index in [-0.39, 0.29) is 5.54 Å². The summed E-state index contributed by atoms with van der Waals surface area (Å²) in [5.41, 5.74) is 6.24. The summed E-state index contributed by atoms with van der Waals surface area (Å²) in [6, 6.07) is 0.697. The molecule has 16 heavy (non-hydrogen) atoms. The van der Waals surface area contributed by atoms with Gasteiger partial charge in [-0.15, -0.1) is 0 Å². The highest BCUT2D eigenvalue weighted by molar-refractivity contribution is 5.08. The second-order valence-electron chi connectivity index (χ2n) is 5.09. The van der Waals surface area contributed by atoms with E-state index in [1.165, 1.54) is 32.4 Å². The molecule has 0 aromatic heterocycles. The molecule has 0 saturated carbocycles. The van der Waals surface area contributed by atoms with Gasteiger partial charge in [-0.1, -0.05) is 12.2 Å². The maximum absolute atomic E-state index is 6.03. The Morgan fingerprint density at radius 2 is 2.38 bits per heavy atom. The van der Waals surface area contributed by atoms with Crippen LogP contribution in [0.4, 0.5) is 0 Å². The van der Waals surface area contributed by atoms with Gasteiger partial charge in [0.25, 0.3) is 0 Å². The van der Waals surface area contributed by atoms with Crippen LogP contribution in [-0.2, 0) is 0 Å². The molecule has 2 fully saturated rings. The molecule has 0 radical (unpaired) electrons. The third-order valence-corrected chi connectivity index (χ3v) is 4.23. The first-order valence-corrected chi connectivity index (χ1v) is 6.63. The number of nitrogens with one attached hydrogen (secondary N) is 1. The number of hydrogen-bond acceptors (Lipinski definition) is 3. The molecule has 3 nitrogen and oxygen atoms in total. The van der Waals surface area contributed by atoms with Gasteiger partial charge in [-0.25, -0.2) is 0 Å². The van der Waals surface area contributed by atoms with E-state index in [1.54, 1.807) is 0 Å². The van der Waals surface area contributed by atoms with Gasteiger partial charge in [0.2, 0.25) is 0 Å². The lowest BCUT2D eigenvalue weighted by molar-refractivity contribution is 0.230. The van der Waals surface area contributed by atoms with Crippen molar-refractivity contribution in [2.24, 2.45) is 5.73 Å². The van der Waals surface area contributed by atoms with Crippen LogP contribution in [0.3, 0.4) is 0 Å². The summed E-state index contributed by atoms with van der Waals surface area (Å²) in [5.74, 6) is 0. The fraction of sp³-hybridized carbons (Fsp3) is 0.846. The number of rotatable bonds is 5. The molecule has 2 rings (SSSR count). The van der Waals surface area contributed by atoms with Crippen LogP contribution in [-0.4, -0.2) is 42.7 Å². The molecule has 0 aromatic carbocycles. The smallest absolute Gasteiger partial charge is 0.0473 e. The molecular weight excluding hydrogens is 198 g/mol. The van der Waals surface area contributed by atoms with E-state index in [4.69, 9.17) is 5.73 Å². The van der Waals surface area contributed by atoms with Crippen LogP contribution in [0.25, 0.3) is 0 Å². The van der Waals surface area contributed by atoms with Crippen molar-refractivity contribution < 1.29 is 0 Å². The van der Waals surface area contributed by atoms with E-state index in [2.05, 4.69) is 29.3 Å². The molecule has 2 aliphatic heterocycles. The van der Waals surface area contributed by atoms with Gasteiger partial charge in [-0.05, 0) is 45.7 Å². The first-order valence-electron chi connectivity index (χ1n) is 6.63. The van der Waals surface area contributed by atoms with Gasteiger partial charge >= 0.3 is 0 Å². The number of nitrogens with zero attached hydrogens (tertiary/aromatic N) is 1. The molecule has 2 heterocycles. The zero-order chi connectivity index (χ0) is 11.4. The molecule has 3 N–H and O–H groups in total.